The standard InChI is InChI=1S/C14H23N3O2S/c1-16(2)14(17(3)4)15-10-12-6-8-13(9-7-12)11-20(5,18)19/h6-9H,10-11H2,1-5H3. The van der Waals surface area contributed by atoms with Crippen LogP contribution in [0.1, 0.15) is 11.1 Å². The van der Waals surface area contributed by atoms with Gasteiger partial charge in [-0.1, -0.05) is 24.3 Å². The fourth-order valence-corrected chi connectivity index (χ4v) is 2.69. The summed E-state index contributed by atoms with van der Waals surface area (Å²) >= 11 is 0. The molecule has 0 fully saturated rings. The Balaban J connectivity index is 2.77. The Bertz CT molecular complexity index is 551. The largest absolute Gasteiger partial charge is 0.349 e. The minimum atomic E-state index is -2.98. The molecule has 0 aromatic heterocycles. The lowest BCUT2D eigenvalue weighted by atomic mass is 10.1. The maximum atomic E-state index is 11.2. The average Bonchev–Trinajstić information content (AvgIpc) is 2.28. The summed E-state index contributed by atoms with van der Waals surface area (Å²) in [6.45, 7) is 0.574. The van der Waals surface area contributed by atoms with E-state index in [9.17, 15) is 8.42 Å². The summed E-state index contributed by atoms with van der Waals surface area (Å²) in [4.78, 5) is 8.46. The molecule has 0 aliphatic carbocycles. The molecule has 1 rings (SSSR count). The van der Waals surface area contributed by atoms with E-state index in [0.29, 0.717) is 6.54 Å². The first-order valence-electron chi connectivity index (χ1n) is 6.33. The highest BCUT2D eigenvalue weighted by Crippen LogP contribution is 2.09. The van der Waals surface area contributed by atoms with Crippen molar-refractivity contribution in [1.82, 2.24) is 9.80 Å². The molecule has 0 saturated carbocycles. The van der Waals surface area contributed by atoms with Crippen LogP contribution in [-0.2, 0) is 22.1 Å². The van der Waals surface area contributed by atoms with E-state index in [1.165, 1.54) is 6.26 Å². The Morgan fingerprint density at radius 1 is 1.00 bits per heavy atom. The van der Waals surface area contributed by atoms with E-state index in [1.807, 2.05) is 62.3 Å². The molecule has 20 heavy (non-hydrogen) atoms. The summed E-state index contributed by atoms with van der Waals surface area (Å²) in [5, 5.41) is 0. The second-order valence-corrected chi connectivity index (χ2v) is 7.43. The van der Waals surface area contributed by atoms with Crippen molar-refractivity contribution >= 4 is 15.8 Å². The van der Waals surface area contributed by atoms with Crippen molar-refractivity contribution in [2.24, 2.45) is 4.99 Å². The Morgan fingerprint density at radius 3 is 1.85 bits per heavy atom. The number of hydrogen-bond acceptors (Lipinski definition) is 3. The molecule has 0 amide bonds. The minimum absolute atomic E-state index is 0.0805. The zero-order valence-electron chi connectivity index (χ0n) is 12.8. The molecule has 0 heterocycles. The number of nitrogens with zero attached hydrogens (tertiary/aromatic N) is 3. The summed E-state index contributed by atoms with van der Waals surface area (Å²) in [6.07, 6.45) is 1.24. The number of rotatable bonds is 4. The molecule has 0 aliphatic heterocycles. The van der Waals surface area contributed by atoms with Gasteiger partial charge in [0.2, 0.25) is 0 Å². The van der Waals surface area contributed by atoms with Crippen LogP contribution >= 0.6 is 0 Å². The molecule has 0 aliphatic rings. The highest BCUT2D eigenvalue weighted by atomic mass is 32.2. The minimum Gasteiger partial charge on any atom is -0.349 e. The van der Waals surface area contributed by atoms with E-state index < -0.39 is 9.84 Å². The Hall–Kier alpha value is -1.56. The van der Waals surface area contributed by atoms with Crippen LogP contribution in [0.5, 0.6) is 0 Å². The zero-order chi connectivity index (χ0) is 15.3. The van der Waals surface area contributed by atoms with Crippen molar-refractivity contribution < 1.29 is 8.42 Å². The van der Waals surface area contributed by atoms with Crippen LogP contribution in [0.4, 0.5) is 0 Å². The molecule has 6 heteroatoms. The van der Waals surface area contributed by atoms with Gasteiger partial charge in [0.05, 0.1) is 12.3 Å². The van der Waals surface area contributed by atoms with Crippen LogP contribution in [0.25, 0.3) is 0 Å². The molecule has 0 atom stereocenters. The molecule has 1 aromatic carbocycles. The van der Waals surface area contributed by atoms with Crippen LogP contribution in [0.2, 0.25) is 0 Å². The quantitative estimate of drug-likeness (QED) is 0.619. The van der Waals surface area contributed by atoms with E-state index in [2.05, 4.69) is 4.99 Å². The maximum absolute atomic E-state index is 11.2. The lowest BCUT2D eigenvalue weighted by Crippen LogP contribution is -2.35. The van der Waals surface area contributed by atoms with E-state index >= 15 is 0 Å². The Morgan fingerprint density at radius 2 is 1.45 bits per heavy atom. The molecule has 1 aromatic rings. The van der Waals surface area contributed by atoms with E-state index in [-0.39, 0.29) is 5.75 Å². The second-order valence-electron chi connectivity index (χ2n) is 5.29. The van der Waals surface area contributed by atoms with Crippen LogP contribution in [0.3, 0.4) is 0 Å². The fraction of sp³-hybridized carbons (Fsp3) is 0.500. The van der Waals surface area contributed by atoms with E-state index in [0.717, 1.165) is 17.1 Å². The van der Waals surface area contributed by atoms with Crippen LogP contribution in [-0.4, -0.2) is 58.6 Å². The molecule has 112 valence electrons. The maximum Gasteiger partial charge on any atom is 0.195 e. The first-order valence-corrected chi connectivity index (χ1v) is 8.40. The van der Waals surface area contributed by atoms with Crippen molar-refractivity contribution in [1.29, 1.82) is 0 Å². The molecular formula is C14H23N3O2S. The summed E-state index contributed by atoms with van der Waals surface area (Å²) in [7, 11) is 4.83. The fourth-order valence-electron chi connectivity index (χ4n) is 1.89. The second kappa shape index (κ2) is 6.74. The molecular weight excluding hydrogens is 274 g/mol. The third-order valence-electron chi connectivity index (χ3n) is 2.65. The van der Waals surface area contributed by atoms with Gasteiger partial charge in [-0.05, 0) is 11.1 Å². The molecule has 0 N–H and O–H groups in total. The lowest BCUT2D eigenvalue weighted by Gasteiger charge is -2.22. The van der Waals surface area contributed by atoms with Gasteiger partial charge < -0.3 is 9.80 Å². The number of benzene rings is 1. The molecule has 5 nitrogen and oxygen atoms in total. The van der Waals surface area contributed by atoms with Gasteiger partial charge in [0.15, 0.2) is 15.8 Å². The molecule has 0 radical (unpaired) electrons. The summed E-state index contributed by atoms with van der Waals surface area (Å²) in [5.41, 5.74) is 1.86. The molecule has 0 saturated heterocycles. The highest BCUT2D eigenvalue weighted by Gasteiger charge is 2.05. The van der Waals surface area contributed by atoms with Crippen LogP contribution in [0.15, 0.2) is 29.3 Å². The van der Waals surface area contributed by atoms with Crippen molar-refractivity contribution in [2.45, 2.75) is 12.3 Å². The number of aliphatic imine (C=N–C) groups is 1. The van der Waals surface area contributed by atoms with E-state index in [4.69, 9.17) is 0 Å². The van der Waals surface area contributed by atoms with Crippen molar-refractivity contribution in [3.8, 4) is 0 Å². The average molecular weight is 297 g/mol. The predicted octanol–water partition coefficient (Wildman–Crippen LogP) is 1.21. The number of hydrogen-bond donors (Lipinski definition) is 0. The molecule has 0 spiro atoms. The monoisotopic (exact) mass is 297 g/mol. The topological polar surface area (TPSA) is 53.0 Å². The van der Waals surface area contributed by atoms with Gasteiger partial charge in [-0.2, -0.15) is 0 Å². The predicted molar refractivity (Wildman–Crippen MR) is 83.5 cm³/mol. The van der Waals surface area contributed by atoms with Gasteiger partial charge >= 0.3 is 0 Å². The zero-order valence-corrected chi connectivity index (χ0v) is 13.6. The van der Waals surface area contributed by atoms with Gasteiger partial charge in [-0.3, -0.25) is 0 Å². The highest BCUT2D eigenvalue weighted by molar-refractivity contribution is 7.89. The molecule has 0 unspecified atom stereocenters. The lowest BCUT2D eigenvalue weighted by molar-refractivity contribution is 0.479. The number of guanidine groups is 1. The van der Waals surface area contributed by atoms with Crippen molar-refractivity contribution in [2.75, 3.05) is 34.4 Å². The Kier molecular flexibility index (Phi) is 5.56. The first-order chi connectivity index (χ1) is 9.19. The third kappa shape index (κ3) is 5.61. The van der Waals surface area contributed by atoms with Crippen molar-refractivity contribution in [3.05, 3.63) is 35.4 Å². The van der Waals surface area contributed by atoms with Crippen LogP contribution in [0, 0.1) is 0 Å². The van der Waals surface area contributed by atoms with Crippen LogP contribution < -0.4 is 0 Å². The van der Waals surface area contributed by atoms with E-state index in [1.54, 1.807) is 0 Å². The molecule has 0 bridgehead atoms. The van der Waals surface area contributed by atoms with Gasteiger partial charge in [0, 0.05) is 34.4 Å². The smallest absolute Gasteiger partial charge is 0.195 e. The van der Waals surface area contributed by atoms with Gasteiger partial charge in [-0.15, -0.1) is 0 Å². The van der Waals surface area contributed by atoms with Crippen molar-refractivity contribution in [3.63, 3.8) is 0 Å². The van der Waals surface area contributed by atoms with Gasteiger partial charge in [0.1, 0.15) is 0 Å². The summed E-state index contributed by atoms with van der Waals surface area (Å²) < 4.78 is 22.4. The first kappa shape index (κ1) is 16.5. The third-order valence-corrected chi connectivity index (χ3v) is 3.51. The SMILES string of the molecule is CN(C)C(=NCc1ccc(CS(C)(=O)=O)cc1)N(C)C. The van der Waals surface area contributed by atoms with Gasteiger partial charge in [0.25, 0.3) is 0 Å². The normalized spacial score (nSPS) is 11.1. The summed E-state index contributed by atoms with van der Waals surface area (Å²) in [5.74, 6) is 0.974. The summed E-state index contributed by atoms with van der Waals surface area (Å²) in [6, 6.07) is 7.54. The van der Waals surface area contributed by atoms with Gasteiger partial charge in [-0.25, -0.2) is 13.4 Å². The Labute approximate surface area is 121 Å². The number of sulfone groups is 1.